The Morgan fingerprint density at radius 3 is 2.29 bits per heavy atom. The standard InChI is InChI=1S/C13H24N2O2/c1-3-13(4-2)10-11(16)15(12(13)17)9-7-5-6-8-14/h3-10,14H2,1-2H3. The van der Waals surface area contributed by atoms with Crippen LogP contribution >= 0.6 is 0 Å². The molecular weight excluding hydrogens is 216 g/mol. The minimum absolute atomic E-state index is 0.00597. The molecule has 17 heavy (non-hydrogen) atoms. The van der Waals surface area contributed by atoms with E-state index < -0.39 is 5.41 Å². The fourth-order valence-electron chi connectivity index (χ4n) is 2.48. The van der Waals surface area contributed by atoms with Gasteiger partial charge in [0.2, 0.25) is 11.8 Å². The molecule has 0 radical (unpaired) electrons. The van der Waals surface area contributed by atoms with Crippen LogP contribution in [0.4, 0.5) is 0 Å². The first-order valence-corrected chi connectivity index (χ1v) is 6.66. The van der Waals surface area contributed by atoms with Crippen LogP contribution in [0.2, 0.25) is 0 Å². The Morgan fingerprint density at radius 2 is 1.82 bits per heavy atom. The van der Waals surface area contributed by atoms with E-state index in [1.807, 2.05) is 13.8 Å². The number of likely N-dealkylation sites (tertiary alicyclic amines) is 1. The molecule has 4 nitrogen and oxygen atoms in total. The molecule has 2 N–H and O–H groups in total. The Kier molecular flexibility index (Phi) is 5.12. The van der Waals surface area contributed by atoms with Crippen molar-refractivity contribution in [1.82, 2.24) is 4.90 Å². The van der Waals surface area contributed by atoms with Crippen LogP contribution in [0.5, 0.6) is 0 Å². The largest absolute Gasteiger partial charge is 0.330 e. The van der Waals surface area contributed by atoms with Gasteiger partial charge in [-0.1, -0.05) is 20.3 Å². The first-order valence-electron chi connectivity index (χ1n) is 6.66. The van der Waals surface area contributed by atoms with Crippen molar-refractivity contribution in [2.75, 3.05) is 13.1 Å². The van der Waals surface area contributed by atoms with E-state index in [1.54, 1.807) is 0 Å². The Labute approximate surface area is 104 Å². The first-order chi connectivity index (χ1) is 8.11. The number of rotatable bonds is 7. The monoisotopic (exact) mass is 240 g/mol. The Bertz CT molecular complexity index is 285. The van der Waals surface area contributed by atoms with Gasteiger partial charge in [-0.2, -0.15) is 0 Å². The van der Waals surface area contributed by atoms with Gasteiger partial charge in [-0.3, -0.25) is 14.5 Å². The van der Waals surface area contributed by atoms with E-state index in [0.29, 0.717) is 19.5 Å². The number of amides is 2. The molecule has 1 aliphatic heterocycles. The molecule has 0 bridgehead atoms. The van der Waals surface area contributed by atoms with Crippen LogP contribution in [0.3, 0.4) is 0 Å². The molecule has 0 atom stereocenters. The zero-order valence-electron chi connectivity index (χ0n) is 11.0. The number of carbonyl (C=O) groups excluding carboxylic acids is 2. The quantitative estimate of drug-likeness (QED) is 0.544. The molecule has 0 aliphatic carbocycles. The van der Waals surface area contributed by atoms with Crippen LogP contribution < -0.4 is 5.73 Å². The van der Waals surface area contributed by atoms with Crippen molar-refractivity contribution in [2.45, 2.75) is 52.4 Å². The topological polar surface area (TPSA) is 63.4 Å². The predicted octanol–water partition coefficient (Wildman–Crippen LogP) is 1.68. The summed E-state index contributed by atoms with van der Waals surface area (Å²) in [5, 5.41) is 0. The van der Waals surface area contributed by atoms with Gasteiger partial charge in [-0.15, -0.1) is 0 Å². The maximum Gasteiger partial charge on any atom is 0.235 e. The molecule has 0 aromatic rings. The van der Waals surface area contributed by atoms with E-state index in [9.17, 15) is 9.59 Å². The van der Waals surface area contributed by atoms with Gasteiger partial charge in [0.25, 0.3) is 0 Å². The lowest BCUT2D eigenvalue weighted by Gasteiger charge is -2.23. The Morgan fingerprint density at radius 1 is 1.18 bits per heavy atom. The minimum Gasteiger partial charge on any atom is -0.330 e. The van der Waals surface area contributed by atoms with Gasteiger partial charge >= 0.3 is 0 Å². The summed E-state index contributed by atoms with van der Waals surface area (Å²) in [5.41, 5.74) is 5.00. The SMILES string of the molecule is CCC1(CC)CC(=O)N(CCCCCN)C1=O. The summed E-state index contributed by atoms with van der Waals surface area (Å²) >= 11 is 0. The van der Waals surface area contributed by atoms with Crippen molar-refractivity contribution in [1.29, 1.82) is 0 Å². The Hall–Kier alpha value is -0.900. The maximum absolute atomic E-state index is 12.2. The van der Waals surface area contributed by atoms with Gasteiger partial charge in [-0.25, -0.2) is 0 Å². The zero-order valence-corrected chi connectivity index (χ0v) is 11.0. The summed E-state index contributed by atoms with van der Waals surface area (Å²) in [4.78, 5) is 25.6. The highest BCUT2D eigenvalue weighted by molar-refractivity contribution is 6.05. The molecule has 0 spiro atoms. The van der Waals surface area contributed by atoms with Crippen LogP contribution in [0, 0.1) is 5.41 Å². The summed E-state index contributed by atoms with van der Waals surface area (Å²) in [7, 11) is 0. The summed E-state index contributed by atoms with van der Waals surface area (Å²) in [6.45, 7) is 5.23. The zero-order chi connectivity index (χ0) is 12.9. The number of hydrogen-bond acceptors (Lipinski definition) is 3. The van der Waals surface area contributed by atoms with Crippen LogP contribution in [0.25, 0.3) is 0 Å². The lowest BCUT2D eigenvalue weighted by atomic mass is 9.81. The molecule has 98 valence electrons. The second-order valence-corrected chi connectivity index (χ2v) is 4.86. The summed E-state index contributed by atoms with van der Waals surface area (Å²) in [6.07, 6.45) is 4.73. The van der Waals surface area contributed by atoms with Crippen LogP contribution in [0.1, 0.15) is 52.4 Å². The van der Waals surface area contributed by atoms with Crippen molar-refractivity contribution in [3.8, 4) is 0 Å². The number of nitrogens with two attached hydrogens (primary N) is 1. The van der Waals surface area contributed by atoms with E-state index in [2.05, 4.69) is 0 Å². The number of hydrogen-bond donors (Lipinski definition) is 1. The predicted molar refractivity (Wildman–Crippen MR) is 67.3 cm³/mol. The lowest BCUT2D eigenvalue weighted by Crippen LogP contribution is -2.35. The average Bonchev–Trinajstić information content (AvgIpc) is 2.58. The molecule has 1 heterocycles. The number of carbonyl (C=O) groups is 2. The van der Waals surface area contributed by atoms with Gasteiger partial charge in [0, 0.05) is 13.0 Å². The molecule has 0 saturated carbocycles. The van der Waals surface area contributed by atoms with Gasteiger partial charge < -0.3 is 5.73 Å². The molecular formula is C13H24N2O2. The Balaban J connectivity index is 2.56. The van der Waals surface area contributed by atoms with Gasteiger partial charge in [0.05, 0.1) is 5.41 Å². The average molecular weight is 240 g/mol. The molecule has 1 saturated heterocycles. The minimum atomic E-state index is -0.412. The third-order valence-corrected chi connectivity index (χ3v) is 3.93. The van der Waals surface area contributed by atoms with Crippen LogP contribution in [-0.4, -0.2) is 29.8 Å². The molecule has 4 heteroatoms. The molecule has 1 aliphatic rings. The van der Waals surface area contributed by atoms with Gasteiger partial charge in [0.1, 0.15) is 0 Å². The summed E-state index contributed by atoms with van der Waals surface area (Å²) < 4.78 is 0. The first kappa shape index (κ1) is 14.2. The normalized spacial score (nSPS) is 19.1. The number of nitrogens with zero attached hydrogens (tertiary/aromatic N) is 1. The molecule has 0 unspecified atom stereocenters. The van der Waals surface area contributed by atoms with E-state index in [0.717, 1.165) is 32.1 Å². The molecule has 0 aromatic carbocycles. The van der Waals surface area contributed by atoms with Gasteiger partial charge in [0.15, 0.2) is 0 Å². The van der Waals surface area contributed by atoms with Crippen molar-refractivity contribution < 1.29 is 9.59 Å². The third kappa shape index (κ3) is 2.86. The second kappa shape index (κ2) is 6.15. The smallest absolute Gasteiger partial charge is 0.235 e. The van der Waals surface area contributed by atoms with E-state index in [1.165, 1.54) is 4.90 Å². The number of imide groups is 1. The molecule has 0 aromatic heterocycles. The van der Waals surface area contributed by atoms with Crippen molar-refractivity contribution in [2.24, 2.45) is 11.1 Å². The van der Waals surface area contributed by atoms with E-state index >= 15 is 0 Å². The highest BCUT2D eigenvalue weighted by Gasteiger charge is 2.48. The van der Waals surface area contributed by atoms with Crippen LogP contribution in [-0.2, 0) is 9.59 Å². The lowest BCUT2D eigenvalue weighted by molar-refractivity contribution is -0.141. The van der Waals surface area contributed by atoms with Crippen molar-refractivity contribution >= 4 is 11.8 Å². The van der Waals surface area contributed by atoms with Gasteiger partial charge in [-0.05, 0) is 32.2 Å². The highest BCUT2D eigenvalue weighted by atomic mass is 16.2. The third-order valence-electron chi connectivity index (χ3n) is 3.93. The van der Waals surface area contributed by atoms with E-state index in [4.69, 9.17) is 5.73 Å². The highest BCUT2D eigenvalue weighted by Crippen LogP contribution is 2.39. The van der Waals surface area contributed by atoms with E-state index in [-0.39, 0.29) is 11.8 Å². The number of unbranched alkanes of at least 4 members (excludes halogenated alkanes) is 2. The van der Waals surface area contributed by atoms with Crippen LogP contribution in [0.15, 0.2) is 0 Å². The summed E-state index contributed by atoms with van der Waals surface area (Å²) in [6, 6.07) is 0. The maximum atomic E-state index is 12.2. The fraction of sp³-hybridized carbons (Fsp3) is 0.846. The fourth-order valence-corrected chi connectivity index (χ4v) is 2.48. The summed E-state index contributed by atoms with van der Waals surface area (Å²) in [5.74, 6) is 0.0479. The molecule has 1 rings (SSSR count). The second-order valence-electron chi connectivity index (χ2n) is 4.86. The van der Waals surface area contributed by atoms with Crippen molar-refractivity contribution in [3.05, 3.63) is 0 Å². The molecule has 1 fully saturated rings. The van der Waals surface area contributed by atoms with Crippen molar-refractivity contribution in [3.63, 3.8) is 0 Å². The molecule has 2 amide bonds.